The fourth-order valence-corrected chi connectivity index (χ4v) is 4.39. The van der Waals surface area contributed by atoms with Crippen molar-refractivity contribution in [1.29, 1.82) is 0 Å². The van der Waals surface area contributed by atoms with E-state index in [1.165, 1.54) is 0 Å². The molecule has 0 fully saturated rings. The molecule has 1 aromatic heterocycles. The van der Waals surface area contributed by atoms with Crippen LogP contribution in [0.5, 0.6) is 0 Å². The SMILES string of the molecule is COC1=C(Cl)c2c(sc3ccccc3c2=O)CC1C. The highest BCUT2D eigenvalue weighted by molar-refractivity contribution is 7.18. The number of halogens is 1. The van der Waals surface area contributed by atoms with Gasteiger partial charge in [-0.2, -0.15) is 0 Å². The van der Waals surface area contributed by atoms with Gasteiger partial charge >= 0.3 is 0 Å². The number of methoxy groups -OCH3 is 1. The van der Waals surface area contributed by atoms with E-state index in [1.54, 1.807) is 18.4 Å². The van der Waals surface area contributed by atoms with Crippen molar-refractivity contribution in [1.82, 2.24) is 0 Å². The molecule has 19 heavy (non-hydrogen) atoms. The van der Waals surface area contributed by atoms with Crippen LogP contribution in [0, 0.1) is 5.92 Å². The first kappa shape index (κ1) is 12.7. The molecule has 2 nitrogen and oxygen atoms in total. The van der Waals surface area contributed by atoms with Crippen LogP contribution in [0.25, 0.3) is 15.1 Å². The van der Waals surface area contributed by atoms with Gasteiger partial charge in [-0.15, -0.1) is 11.3 Å². The third-order valence-corrected chi connectivity index (χ3v) is 5.03. The van der Waals surface area contributed by atoms with Crippen LogP contribution in [0.15, 0.2) is 34.8 Å². The lowest BCUT2D eigenvalue weighted by atomic mass is 9.94. The van der Waals surface area contributed by atoms with Crippen LogP contribution in [0.1, 0.15) is 17.4 Å². The van der Waals surface area contributed by atoms with Crippen molar-refractivity contribution < 1.29 is 4.74 Å². The Bertz CT molecular complexity index is 745. The van der Waals surface area contributed by atoms with Crippen molar-refractivity contribution in [2.75, 3.05) is 7.11 Å². The maximum absolute atomic E-state index is 12.6. The summed E-state index contributed by atoms with van der Waals surface area (Å²) in [6.45, 7) is 2.07. The summed E-state index contributed by atoms with van der Waals surface area (Å²) in [5, 5.41) is 1.21. The smallest absolute Gasteiger partial charge is 0.197 e. The zero-order chi connectivity index (χ0) is 13.6. The van der Waals surface area contributed by atoms with Crippen molar-refractivity contribution >= 4 is 38.1 Å². The van der Waals surface area contributed by atoms with E-state index in [0.29, 0.717) is 16.4 Å². The van der Waals surface area contributed by atoms with Crippen molar-refractivity contribution in [3.05, 3.63) is 50.7 Å². The molecular weight excluding hydrogens is 280 g/mol. The summed E-state index contributed by atoms with van der Waals surface area (Å²) in [5.74, 6) is 0.926. The van der Waals surface area contributed by atoms with Crippen LogP contribution < -0.4 is 5.43 Å². The Morgan fingerprint density at radius 1 is 1.37 bits per heavy atom. The fraction of sp³-hybridized carbons (Fsp3) is 0.267. The van der Waals surface area contributed by atoms with E-state index in [1.807, 2.05) is 24.3 Å². The van der Waals surface area contributed by atoms with Crippen LogP contribution in [-0.2, 0) is 11.2 Å². The number of benzene rings is 1. The Morgan fingerprint density at radius 2 is 2.11 bits per heavy atom. The van der Waals surface area contributed by atoms with Gasteiger partial charge in [0.2, 0.25) is 0 Å². The lowest BCUT2D eigenvalue weighted by Gasteiger charge is -2.23. The standard InChI is InChI=1S/C15H13ClO2S/c1-8-7-11-12(13(16)15(8)18-2)14(17)9-5-3-4-6-10(9)19-11/h3-6,8H,7H2,1-2H3. The molecule has 0 N–H and O–H groups in total. The van der Waals surface area contributed by atoms with Gasteiger partial charge < -0.3 is 4.74 Å². The van der Waals surface area contributed by atoms with Crippen molar-refractivity contribution in [2.45, 2.75) is 13.3 Å². The van der Waals surface area contributed by atoms with Crippen LogP contribution in [0.3, 0.4) is 0 Å². The Balaban J connectivity index is 2.40. The molecule has 2 aromatic rings. The average Bonchev–Trinajstić information content (AvgIpc) is 2.39. The zero-order valence-corrected chi connectivity index (χ0v) is 12.3. The molecule has 0 aliphatic heterocycles. The zero-order valence-electron chi connectivity index (χ0n) is 10.7. The van der Waals surface area contributed by atoms with Gasteiger partial charge in [0.05, 0.1) is 17.7 Å². The highest BCUT2D eigenvalue weighted by Gasteiger charge is 2.28. The van der Waals surface area contributed by atoms with Gasteiger partial charge in [0.15, 0.2) is 5.43 Å². The van der Waals surface area contributed by atoms with E-state index in [0.717, 1.165) is 21.4 Å². The van der Waals surface area contributed by atoms with Crippen molar-refractivity contribution in [2.24, 2.45) is 5.92 Å². The number of ether oxygens (including phenoxy) is 1. The molecule has 0 radical (unpaired) electrons. The fourth-order valence-electron chi connectivity index (χ4n) is 2.56. The molecule has 3 rings (SSSR count). The summed E-state index contributed by atoms with van der Waals surface area (Å²) in [6, 6.07) is 7.66. The summed E-state index contributed by atoms with van der Waals surface area (Å²) in [4.78, 5) is 13.6. The summed E-state index contributed by atoms with van der Waals surface area (Å²) in [6.07, 6.45) is 0.805. The maximum atomic E-state index is 12.6. The molecule has 0 amide bonds. The van der Waals surface area contributed by atoms with Gasteiger partial charge in [-0.3, -0.25) is 4.79 Å². The summed E-state index contributed by atoms with van der Waals surface area (Å²) in [5.41, 5.74) is 0.635. The number of rotatable bonds is 1. The Labute approximate surface area is 120 Å². The van der Waals surface area contributed by atoms with Gasteiger partial charge in [-0.05, 0) is 18.6 Å². The number of hydrogen-bond donors (Lipinski definition) is 0. The molecule has 1 atom stereocenters. The van der Waals surface area contributed by atoms with Crippen LogP contribution in [0.2, 0.25) is 0 Å². The Kier molecular flexibility index (Phi) is 3.11. The average molecular weight is 293 g/mol. The summed E-state index contributed by atoms with van der Waals surface area (Å²) >= 11 is 8.02. The molecule has 0 saturated carbocycles. The monoisotopic (exact) mass is 292 g/mol. The highest BCUT2D eigenvalue weighted by Crippen LogP contribution is 2.39. The van der Waals surface area contributed by atoms with Crippen LogP contribution in [-0.4, -0.2) is 7.11 Å². The predicted molar refractivity (Wildman–Crippen MR) is 80.7 cm³/mol. The third kappa shape index (κ3) is 1.88. The van der Waals surface area contributed by atoms with Crippen molar-refractivity contribution in [3.63, 3.8) is 0 Å². The maximum Gasteiger partial charge on any atom is 0.197 e. The molecule has 1 unspecified atom stereocenters. The van der Waals surface area contributed by atoms with E-state index in [-0.39, 0.29) is 11.3 Å². The second-order valence-electron chi connectivity index (χ2n) is 4.71. The lowest BCUT2D eigenvalue weighted by molar-refractivity contribution is 0.248. The van der Waals surface area contributed by atoms with Crippen LogP contribution in [0.4, 0.5) is 0 Å². The molecule has 4 heteroatoms. The Hall–Kier alpha value is -1.32. The van der Waals surface area contributed by atoms with E-state index in [2.05, 4.69) is 6.92 Å². The molecule has 1 aliphatic rings. The largest absolute Gasteiger partial charge is 0.499 e. The molecule has 1 aliphatic carbocycles. The van der Waals surface area contributed by atoms with Gasteiger partial charge in [-0.1, -0.05) is 30.7 Å². The van der Waals surface area contributed by atoms with E-state index >= 15 is 0 Å². The number of fused-ring (bicyclic) bond motifs is 2. The molecule has 0 bridgehead atoms. The predicted octanol–water partition coefficient (Wildman–Crippen LogP) is 4.01. The molecule has 0 spiro atoms. The second-order valence-corrected chi connectivity index (χ2v) is 6.23. The minimum Gasteiger partial charge on any atom is -0.499 e. The van der Waals surface area contributed by atoms with E-state index in [4.69, 9.17) is 16.3 Å². The van der Waals surface area contributed by atoms with Gasteiger partial charge in [0, 0.05) is 20.9 Å². The van der Waals surface area contributed by atoms with E-state index in [9.17, 15) is 4.79 Å². The van der Waals surface area contributed by atoms with Gasteiger partial charge in [0.25, 0.3) is 0 Å². The van der Waals surface area contributed by atoms with Crippen molar-refractivity contribution in [3.8, 4) is 0 Å². The quantitative estimate of drug-likeness (QED) is 0.794. The highest BCUT2D eigenvalue weighted by atomic mass is 35.5. The van der Waals surface area contributed by atoms with Gasteiger partial charge in [0.1, 0.15) is 5.76 Å². The molecule has 1 heterocycles. The number of hydrogen-bond acceptors (Lipinski definition) is 3. The summed E-state index contributed by atoms with van der Waals surface area (Å²) < 4.78 is 6.37. The first-order chi connectivity index (χ1) is 9.13. The minimum absolute atomic E-state index is 0.0100. The third-order valence-electron chi connectivity index (χ3n) is 3.47. The van der Waals surface area contributed by atoms with Crippen LogP contribution >= 0.6 is 22.9 Å². The number of allylic oxidation sites excluding steroid dienone is 1. The molecular formula is C15H13ClO2S. The van der Waals surface area contributed by atoms with E-state index < -0.39 is 0 Å². The molecule has 98 valence electrons. The first-order valence-corrected chi connectivity index (χ1v) is 7.31. The first-order valence-electron chi connectivity index (χ1n) is 6.12. The summed E-state index contributed by atoms with van der Waals surface area (Å²) in [7, 11) is 1.61. The molecule has 0 saturated heterocycles. The lowest BCUT2D eigenvalue weighted by Crippen LogP contribution is -2.19. The molecule has 1 aromatic carbocycles. The minimum atomic E-state index is 0.0100. The Morgan fingerprint density at radius 3 is 2.84 bits per heavy atom. The topological polar surface area (TPSA) is 26.3 Å². The van der Waals surface area contributed by atoms with Gasteiger partial charge in [-0.25, -0.2) is 0 Å². The second kappa shape index (κ2) is 4.66. The normalized spacial score (nSPS) is 18.6.